The molecule has 0 bridgehead atoms. The number of aliphatic hydroxyl groups is 1. The third-order valence-corrected chi connectivity index (χ3v) is 2.71. The lowest BCUT2D eigenvalue weighted by Gasteiger charge is -2.26. The molecule has 2 N–H and O–H groups in total. The van der Waals surface area contributed by atoms with Gasteiger partial charge in [-0.05, 0) is 34.6 Å². The second kappa shape index (κ2) is 3.38. The highest BCUT2D eigenvalue weighted by molar-refractivity contribution is 5.80. The summed E-state index contributed by atoms with van der Waals surface area (Å²) < 4.78 is 0. The van der Waals surface area contributed by atoms with Gasteiger partial charge in [0, 0.05) is 11.7 Å². The molecule has 0 aliphatic carbocycles. The first-order chi connectivity index (χ1) is 6.98. The molecule has 0 saturated heterocycles. The van der Waals surface area contributed by atoms with Gasteiger partial charge in [0.2, 0.25) is 0 Å². The number of aromatic amines is 1. The first-order valence-corrected chi connectivity index (χ1v) is 5.23. The first kappa shape index (κ1) is 10.2. The zero-order chi connectivity index (χ0) is 11.1. The topological polar surface area (TPSA) is 36.0 Å². The Hall–Kier alpha value is -1.28. The van der Waals surface area contributed by atoms with Gasteiger partial charge in [-0.3, -0.25) is 0 Å². The number of benzene rings is 1. The predicted octanol–water partition coefficient (Wildman–Crippen LogP) is 3.25. The Morgan fingerprint density at radius 3 is 2.60 bits per heavy atom. The number of H-pyrrole nitrogens is 1. The van der Waals surface area contributed by atoms with E-state index in [4.69, 9.17) is 0 Å². The van der Waals surface area contributed by atoms with Crippen molar-refractivity contribution in [2.75, 3.05) is 0 Å². The summed E-state index contributed by atoms with van der Waals surface area (Å²) in [6, 6.07) is 8.06. The molecule has 0 fully saturated rings. The number of hydrogen-bond acceptors (Lipinski definition) is 1. The van der Waals surface area contributed by atoms with E-state index in [9.17, 15) is 5.11 Å². The smallest absolute Gasteiger partial charge is 0.0838 e. The highest BCUT2D eigenvalue weighted by Crippen LogP contribution is 2.33. The summed E-state index contributed by atoms with van der Waals surface area (Å²) >= 11 is 0. The van der Waals surface area contributed by atoms with Crippen molar-refractivity contribution >= 4 is 10.9 Å². The van der Waals surface area contributed by atoms with Gasteiger partial charge in [-0.2, -0.15) is 0 Å². The van der Waals surface area contributed by atoms with Crippen molar-refractivity contribution in [3.05, 3.63) is 36.0 Å². The first-order valence-electron chi connectivity index (χ1n) is 5.23. The maximum atomic E-state index is 10.1. The SMILES string of the molecule is CC(C)(C)C(O)c1ccc2[nH]ccc2c1. The lowest BCUT2D eigenvalue weighted by atomic mass is 9.84. The molecule has 1 atom stereocenters. The van der Waals surface area contributed by atoms with E-state index in [1.165, 1.54) is 0 Å². The molecule has 15 heavy (non-hydrogen) atoms. The summed E-state index contributed by atoms with van der Waals surface area (Å²) in [5, 5.41) is 11.3. The maximum Gasteiger partial charge on any atom is 0.0838 e. The molecule has 2 heteroatoms. The van der Waals surface area contributed by atoms with Gasteiger partial charge in [0.15, 0.2) is 0 Å². The average molecular weight is 203 g/mol. The fourth-order valence-corrected chi connectivity index (χ4v) is 1.74. The van der Waals surface area contributed by atoms with Crippen LogP contribution in [0.1, 0.15) is 32.4 Å². The van der Waals surface area contributed by atoms with Crippen LogP contribution in [0.25, 0.3) is 10.9 Å². The Morgan fingerprint density at radius 2 is 1.93 bits per heavy atom. The van der Waals surface area contributed by atoms with Crippen LogP contribution in [0.15, 0.2) is 30.5 Å². The summed E-state index contributed by atoms with van der Waals surface area (Å²) in [6.45, 7) is 6.12. The van der Waals surface area contributed by atoms with Gasteiger partial charge in [-0.25, -0.2) is 0 Å². The molecule has 0 aliphatic rings. The number of aliphatic hydroxyl groups excluding tert-OH is 1. The van der Waals surface area contributed by atoms with E-state index < -0.39 is 6.10 Å². The zero-order valence-electron chi connectivity index (χ0n) is 9.41. The standard InChI is InChI=1S/C13H17NO/c1-13(2,3)12(15)10-4-5-11-9(8-10)6-7-14-11/h4-8,12,14-15H,1-3H3. The maximum absolute atomic E-state index is 10.1. The highest BCUT2D eigenvalue weighted by Gasteiger charge is 2.23. The van der Waals surface area contributed by atoms with E-state index in [1.54, 1.807) is 0 Å². The molecule has 1 unspecified atom stereocenters. The number of rotatable bonds is 1. The number of hydrogen-bond donors (Lipinski definition) is 2. The van der Waals surface area contributed by atoms with Gasteiger partial charge in [0.25, 0.3) is 0 Å². The number of fused-ring (bicyclic) bond motifs is 1. The van der Waals surface area contributed by atoms with Crippen molar-refractivity contribution < 1.29 is 5.11 Å². The van der Waals surface area contributed by atoms with Crippen LogP contribution >= 0.6 is 0 Å². The summed E-state index contributed by atoms with van der Waals surface area (Å²) in [4.78, 5) is 3.14. The minimum Gasteiger partial charge on any atom is -0.388 e. The average Bonchev–Trinajstić information content (AvgIpc) is 2.61. The van der Waals surface area contributed by atoms with E-state index in [0.717, 1.165) is 16.5 Å². The molecule has 1 heterocycles. The van der Waals surface area contributed by atoms with Crippen LogP contribution in [-0.2, 0) is 0 Å². The van der Waals surface area contributed by atoms with Gasteiger partial charge in [-0.15, -0.1) is 0 Å². The fourth-order valence-electron chi connectivity index (χ4n) is 1.74. The molecule has 80 valence electrons. The Kier molecular flexibility index (Phi) is 2.31. The van der Waals surface area contributed by atoms with Crippen LogP contribution < -0.4 is 0 Å². The van der Waals surface area contributed by atoms with Crippen molar-refractivity contribution in [1.82, 2.24) is 4.98 Å². The minimum absolute atomic E-state index is 0.121. The molecule has 2 aromatic rings. The van der Waals surface area contributed by atoms with E-state index in [0.29, 0.717) is 0 Å². The van der Waals surface area contributed by atoms with Gasteiger partial charge in [-0.1, -0.05) is 26.8 Å². The summed E-state index contributed by atoms with van der Waals surface area (Å²) in [7, 11) is 0. The quantitative estimate of drug-likeness (QED) is 0.733. The van der Waals surface area contributed by atoms with E-state index >= 15 is 0 Å². The van der Waals surface area contributed by atoms with Crippen molar-refractivity contribution in [2.45, 2.75) is 26.9 Å². The molecular weight excluding hydrogens is 186 g/mol. The predicted molar refractivity (Wildman–Crippen MR) is 62.7 cm³/mol. The van der Waals surface area contributed by atoms with Gasteiger partial charge in [0.1, 0.15) is 0 Å². The largest absolute Gasteiger partial charge is 0.388 e. The summed E-state index contributed by atoms with van der Waals surface area (Å²) in [5.74, 6) is 0. The van der Waals surface area contributed by atoms with Crippen molar-refractivity contribution in [3.63, 3.8) is 0 Å². The lowest BCUT2D eigenvalue weighted by molar-refractivity contribution is 0.0628. The molecule has 0 saturated carbocycles. The number of aromatic nitrogens is 1. The molecular formula is C13H17NO. The lowest BCUT2D eigenvalue weighted by Crippen LogP contribution is -2.17. The zero-order valence-corrected chi connectivity index (χ0v) is 9.41. The van der Waals surface area contributed by atoms with Crippen LogP contribution in [0.2, 0.25) is 0 Å². The Balaban J connectivity index is 2.44. The molecule has 1 aromatic heterocycles. The Morgan fingerprint density at radius 1 is 1.20 bits per heavy atom. The number of nitrogens with one attached hydrogen (secondary N) is 1. The molecule has 2 nitrogen and oxygen atoms in total. The van der Waals surface area contributed by atoms with Gasteiger partial charge < -0.3 is 10.1 Å². The second-order valence-corrected chi connectivity index (χ2v) is 5.09. The third kappa shape index (κ3) is 1.90. The monoisotopic (exact) mass is 203 g/mol. The normalized spacial score (nSPS) is 14.4. The van der Waals surface area contributed by atoms with Crippen LogP contribution in [0, 0.1) is 5.41 Å². The van der Waals surface area contributed by atoms with Crippen LogP contribution in [-0.4, -0.2) is 10.1 Å². The van der Waals surface area contributed by atoms with E-state index in [-0.39, 0.29) is 5.41 Å². The Labute approximate surface area is 89.9 Å². The van der Waals surface area contributed by atoms with E-state index in [2.05, 4.69) is 4.98 Å². The molecule has 1 aromatic carbocycles. The van der Waals surface area contributed by atoms with Gasteiger partial charge in [0.05, 0.1) is 6.10 Å². The van der Waals surface area contributed by atoms with Crippen LogP contribution in [0.5, 0.6) is 0 Å². The van der Waals surface area contributed by atoms with Crippen molar-refractivity contribution in [3.8, 4) is 0 Å². The minimum atomic E-state index is -0.420. The second-order valence-electron chi connectivity index (χ2n) is 5.09. The van der Waals surface area contributed by atoms with Crippen molar-refractivity contribution in [1.29, 1.82) is 0 Å². The van der Waals surface area contributed by atoms with E-state index in [1.807, 2.05) is 51.2 Å². The Bertz CT molecular complexity index is 465. The molecule has 0 radical (unpaired) electrons. The highest BCUT2D eigenvalue weighted by atomic mass is 16.3. The fraction of sp³-hybridized carbons (Fsp3) is 0.385. The molecule has 0 spiro atoms. The van der Waals surface area contributed by atoms with Crippen LogP contribution in [0.4, 0.5) is 0 Å². The summed E-state index contributed by atoms with van der Waals surface area (Å²) in [5.41, 5.74) is 1.97. The van der Waals surface area contributed by atoms with Crippen molar-refractivity contribution in [2.24, 2.45) is 5.41 Å². The molecule has 2 rings (SSSR count). The summed E-state index contributed by atoms with van der Waals surface area (Å²) in [6.07, 6.45) is 1.49. The van der Waals surface area contributed by atoms with Gasteiger partial charge >= 0.3 is 0 Å². The molecule has 0 amide bonds. The molecule has 0 aliphatic heterocycles. The third-order valence-electron chi connectivity index (χ3n) is 2.71. The van der Waals surface area contributed by atoms with Crippen LogP contribution in [0.3, 0.4) is 0 Å².